The van der Waals surface area contributed by atoms with E-state index in [0.29, 0.717) is 0 Å². The fourth-order valence-corrected chi connectivity index (χ4v) is 2.30. The number of hydrogen-bond donors (Lipinski definition) is 0. The van der Waals surface area contributed by atoms with E-state index in [4.69, 9.17) is 4.74 Å². The van der Waals surface area contributed by atoms with Gasteiger partial charge in [-0.2, -0.15) is 0 Å². The maximum absolute atomic E-state index is 5.88. The van der Waals surface area contributed by atoms with E-state index < -0.39 is 0 Å². The summed E-state index contributed by atoms with van der Waals surface area (Å²) in [6.45, 7) is 16.4. The molecule has 0 saturated heterocycles. The van der Waals surface area contributed by atoms with Crippen molar-refractivity contribution in [2.24, 2.45) is 0 Å². The smallest absolute Gasteiger partial charge is 0.120 e. The Morgan fingerprint density at radius 3 is 2.05 bits per heavy atom. The second-order valence-electron chi connectivity index (χ2n) is 6.70. The number of ether oxygens (including phenoxy) is 1. The zero-order chi connectivity index (χ0) is 16.1. The summed E-state index contributed by atoms with van der Waals surface area (Å²) >= 11 is 0. The maximum atomic E-state index is 5.88. The average molecular weight is 284 g/mol. The zero-order valence-electron chi connectivity index (χ0n) is 14.2. The summed E-state index contributed by atoms with van der Waals surface area (Å²) in [5.41, 5.74) is 2.32. The maximum Gasteiger partial charge on any atom is 0.120 e. The van der Waals surface area contributed by atoms with Crippen LogP contribution in [0.5, 0.6) is 5.75 Å². The van der Waals surface area contributed by atoms with E-state index in [1.54, 1.807) is 6.08 Å². The summed E-state index contributed by atoms with van der Waals surface area (Å²) in [5.74, 6) is 0.908. The van der Waals surface area contributed by atoms with E-state index in [0.717, 1.165) is 5.75 Å². The lowest BCUT2D eigenvalue weighted by Crippen LogP contribution is -2.23. The van der Waals surface area contributed by atoms with Gasteiger partial charge in [0.1, 0.15) is 11.4 Å². The normalized spacial score (nSPS) is 13.5. The van der Waals surface area contributed by atoms with Gasteiger partial charge in [-0.15, -0.1) is 0 Å². The van der Waals surface area contributed by atoms with Crippen LogP contribution in [0.25, 0.3) is 0 Å². The molecule has 0 N–H and O–H groups in total. The Kier molecular flexibility index (Phi) is 5.60. The lowest BCUT2D eigenvalue weighted by atomic mass is 9.77. The predicted molar refractivity (Wildman–Crippen MR) is 92.9 cm³/mol. The summed E-state index contributed by atoms with van der Waals surface area (Å²) in [7, 11) is 0. The topological polar surface area (TPSA) is 9.23 Å². The highest BCUT2D eigenvalue weighted by Gasteiger charge is 2.23. The van der Waals surface area contributed by atoms with Crippen LogP contribution in [0.3, 0.4) is 0 Å². The molecule has 0 aliphatic carbocycles. The molecule has 0 amide bonds. The first-order valence-corrected chi connectivity index (χ1v) is 7.46. The fourth-order valence-electron chi connectivity index (χ4n) is 2.30. The highest BCUT2D eigenvalue weighted by Crippen LogP contribution is 2.33. The van der Waals surface area contributed by atoms with E-state index in [1.807, 2.05) is 18.2 Å². The second-order valence-corrected chi connectivity index (χ2v) is 6.70. The third-order valence-electron chi connectivity index (χ3n) is 3.44. The summed E-state index contributed by atoms with van der Waals surface area (Å²) < 4.78 is 5.88. The highest BCUT2D eigenvalue weighted by atomic mass is 16.5. The van der Waals surface area contributed by atoms with Crippen molar-refractivity contribution in [3.05, 3.63) is 66.3 Å². The molecule has 0 spiro atoms. The van der Waals surface area contributed by atoms with Crippen molar-refractivity contribution in [2.75, 3.05) is 0 Å². The van der Waals surface area contributed by atoms with Gasteiger partial charge in [-0.05, 0) is 51.0 Å². The van der Waals surface area contributed by atoms with Crippen LogP contribution < -0.4 is 4.74 Å². The van der Waals surface area contributed by atoms with Gasteiger partial charge in [-0.3, -0.25) is 0 Å². The Labute approximate surface area is 130 Å². The van der Waals surface area contributed by atoms with Crippen LogP contribution in [0.2, 0.25) is 0 Å². The van der Waals surface area contributed by atoms with Crippen molar-refractivity contribution in [2.45, 2.75) is 52.6 Å². The van der Waals surface area contributed by atoms with Crippen LogP contribution in [0, 0.1) is 0 Å². The van der Waals surface area contributed by atoms with E-state index in [1.165, 1.54) is 11.1 Å². The van der Waals surface area contributed by atoms with Crippen LogP contribution in [-0.4, -0.2) is 5.60 Å². The minimum atomic E-state index is -0.168. The lowest BCUT2D eigenvalue weighted by molar-refractivity contribution is 0.131. The number of benzene rings is 1. The van der Waals surface area contributed by atoms with Gasteiger partial charge in [-0.25, -0.2) is 0 Å². The molecule has 1 nitrogen and oxygen atoms in total. The van der Waals surface area contributed by atoms with Crippen molar-refractivity contribution in [3.63, 3.8) is 0 Å². The van der Waals surface area contributed by atoms with Crippen molar-refractivity contribution in [1.29, 1.82) is 0 Å². The van der Waals surface area contributed by atoms with Gasteiger partial charge in [-0.1, -0.05) is 56.9 Å². The molecule has 1 rings (SSSR count). The van der Waals surface area contributed by atoms with Crippen LogP contribution in [0.1, 0.15) is 47.1 Å². The van der Waals surface area contributed by atoms with Crippen LogP contribution in [0.15, 0.2) is 60.7 Å². The van der Waals surface area contributed by atoms with Crippen molar-refractivity contribution < 1.29 is 4.74 Å². The molecular weight excluding hydrogens is 256 g/mol. The monoisotopic (exact) mass is 284 g/mol. The SMILES string of the molecule is C=C/C=C\C(=C/C)C(C)(C)c1ccc(OC(C)(C)C)cc1. The van der Waals surface area contributed by atoms with E-state index in [9.17, 15) is 0 Å². The summed E-state index contributed by atoms with van der Waals surface area (Å²) in [4.78, 5) is 0. The van der Waals surface area contributed by atoms with E-state index in [-0.39, 0.29) is 11.0 Å². The van der Waals surface area contributed by atoms with E-state index in [2.05, 4.69) is 72.4 Å². The number of allylic oxidation sites excluding steroid dienone is 5. The first kappa shape index (κ1) is 17.3. The molecule has 114 valence electrons. The number of rotatable bonds is 5. The molecule has 1 aromatic carbocycles. The van der Waals surface area contributed by atoms with Gasteiger partial charge in [0, 0.05) is 5.41 Å². The Hall–Kier alpha value is -1.76. The van der Waals surface area contributed by atoms with Gasteiger partial charge in [0.2, 0.25) is 0 Å². The van der Waals surface area contributed by atoms with Crippen molar-refractivity contribution in [3.8, 4) is 5.75 Å². The Morgan fingerprint density at radius 1 is 1.05 bits per heavy atom. The third-order valence-corrected chi connectivity index (χ3v) is 3.44. The molecule has 1 heteroatoms. The number of hydrogen-bond acceptors (Lipinski definition) is 1. The second kappa shape index (κ2) is 6.80. The molecule has 0 atom stereocenters. The average Bonchev–Trinajstić information content (AvgIpc) is 2.38. The predicted octanol–water partition coefficient (Wildman–Crippen LogP) is 5.83. The molecule has 1 aromatic rings. The van der Waals surface area contributed by atoms with Crippen LogP contribution in [-0.2, 0) is 5.41 Å². The van der Waals surface area contributed by atoms with Crippen molar-refractivity contribution >= 4 is 0 Å². The van der Waals surface area contributed by atoms with Gasteiger partial charge in [0.15, 0.2) is 0 Å². The summed E-state index contributed by atoms with van der Waals surface area (Å²) in [6.07, 6.45) is 8.06. The highest BCUT2D eigenvalue weighted by molar-refractivity contribution is 5.42. The Bertz CT molecular complexity index is 522. The van der Waals surface area contributed by atoms with Gasteiger partial charge in [0.25, 0.3) is 0 Å². The molecule has 0 saturated carbocycles. The third kappa shape index (κ3) is 4.93. The van der Waals surface area contributed by atoms with Gasteiger partial charge in [0.05, 0.1) is 0 Å². The molecule has 0 aliphatic rings. The van der Waals surface area contributed by atoms with Crippen LogP contribution in [0.4, 0.5) is 0 Å². The molecule has 0 aromatic heterocycles. The quantitative estimate of drug-likeness (QED) is 0.618. The minimum Gasteiger partial charge on any atom is -0.488 e. The molecule has 0 aliphatic heterocycles. The summed E-state index contributed by atoms with van der Waals surface area (Å²) in [5, 5.41) is 0. The van der Waals surface area contributed by atoms with Crippen molar-refractivity contribution in [1.82, 2.24) is 0 Å². The molecule has 0 fully saturated rings. The van der Waals surface area contributed by atoms with Gasteiger partial charge < -0.3 is 4.74 Å². The lowest BCUT2D eigenvalue weighted by Gasteiger charge is -2.28. The molecule has 0 heterocycles. The Balaban J connectivity index is 3.04. The molecule has 0 radical (unpaired) electrons. The van der Waals surface area contributed by atoms with E-state index >= 15 is 0 Å². The molecule has 0 bridgehead atoms. The fraction of sp³-hybridized carbons (Fsp3) is 0.400. The largest absolute Gasteiger partial charge is 0.488 e. The molecular formula is C20H28O. The Morgan fingerprint density at radius 2 is 1.62 bits per heavy atom. The molecule has 21 heavy (non-hydrogen) atoms. The van der Waals surface area contributed by atoms with Crippen LogP contribution >= 0.6 is 0 Å². The standard InChI is InChI=1S/C20H28O/c1-8-10-11-16(9-2)20(6,7)17-12-14-18(15-13-17)21-19(3,4)5/h8-15H,1H2,2-7H3/b11-10-,16-9+. The first-order chi connectivity index (χ1) is 9.70. The van der Waals surface area contributed by atoms with Gasteiger partial charge >= 0.3 is 0 Å². The summed E-state index contributed by atoms with van der Waals surface area (Å²) in [6, 6.07) is 8.39. The molecule has 0 unspecified atom stereocenters. The zero-order valence-corrected chi connectivity index (χ0v) is 14.2. The first-order valence-electron chi connectivity index (χ1n) is 7.46. The minimum absolute atomic E-state index is 0.0471.